The van der Waals surface area contributed by atoms with Gasteiger partial charge in [0.15, 0.2) is 0 Å². The third kappa shape index (κ3) is 4.71. The van der Waals surface area contributed by atoms with Crippen LogP contribution in [-0.4, -0.2) is 22.3 Å². The maximum Gasteiger partial charge on any atom is 0.271 e. The van der Waals surface area contributed by atoms with Crippen LogP contribution in [0.25, 0.3) is 10.8 Å². The summed E-state index contributed by atoms with van der Waals surface area (Å²) < 4.78 is 0. The number of carbonyl (C=O) groups is 1. The van der Waals surface area contributed by atoms with Gasteiger partial charge in [-0.1, -0.05) is 71.9 Å². The smallest absolute Gasteiger partial charge is 0.271 e. The minimum absolute atomic E-state index is 0.0892. The fourth-order valence-corrected chi connectivity index (χ4v) is 3.55. The maximum absolute atomic E-state index is 12.9. The number of benzene rings is 3. The molecule has 0 aliphatic rings. The van der Waals surface area contributed by atoms with Gasteiger partial charge >= 0.3 is 0 Å². The van der Waals surface area contributed by atoms with Crippen LogP contribution in [0.3, 0.4) is 0 Å². The molecule has 5 heteroatoms. The lowest BCUT2D eigenvalue weighted by atomic mass is 9.78. The average molecular weight is 419 g/mol. The Morgan fingerprint density at radius 1 is 0.903 bits per heavy atom. The van der Waals surface area contributed by atoms with Crippen LogP contribution in [0.1, 0.15) is 68.6 Å². The Bertz CT molecular complexity index is 1130. The van der Waals surface area contributed by atoms with Gasteiger partial charge in [-0.2, -0.15) is 5.10 Å². The van der Waals surface area contributed by atoms with Crippen LogP contribution >= 0.6 is 0 Å². The van der Waals surface area contributed by atoms with E-state index in [1.54, 1.807) is 18.2 Å². The van der Waals surface area contributed by atoms with Crippen molar-refractivity contribution in [3.8, 4) is 11.5 Å². The van der Waals surface area contributed by atoms with Gasteiger partial charge < -0.3 is 10.2 Å². The molecule has 0 saturated heterocycles. The van der Waals surface area contributed by atoms with Crippen LogP contribution in [0.15, 0.2) is 53.6 Å². The zero-order chi connectivity index (χ0) is 23.0. The summed E-state index contributed by atoms with van der Waals surface area (Å²) in [5.41, 5.74) is 4.26. The predicted molar refractivity (Wildman–Crippen MR) is 126 cm³/mol. The molecule has 3 rings (SSSR count). The van der Waals surface area contributed by atoms with Crippen LogP contribution in [0.2, 0.25) is 0 Å². The summed E-state index contributed by atoms with van der Waals surface area (Å²) in [6.07, 6.45) is 1.45. The van der Waals surface area contributed by atoms with Crippen molar-refractivity contribution in [2.75, 3.05) is 0 Å². The maximum atomic E-state index is 12.9. The van der Waals surface area contributed by atoms with Gasteiger partial charge in [-0.25, -0.2) is 5.43 Å². The summed E-state index contributed by atoms with van der Waals surface area (Å²) in [5.74, 6) is -0.0703. The molecule has 0 heterocycles. The van der Waals surface area contributed by atoms with Crippen molar-refractivity contribution in [3.63, 3.8) is 0 Å². The SMILES string of the molecule is CC(C)(C)c1cc(C(=O)NN=Cc2c(O)ccc3ccccc23)cc(C(C)(C)C)c1O. The highest BCUT2D eigenvalue weighted by Gasteiger charge is 2.27. The summed E-state index contributed by atoms with van der Waals surface area (Å²) in [6, 6.07) is 14.5. The molecule has 0 aromatic heterocycles. The van der Waals surface area contributed by atoms with Gasteiger partial charge in [0.2, 0.25) is 0 Å². The predicted octanol–water partition coefficient (Wildman–Crippen LogP) is 5.61. The lowest BCUT2D eigenvalue weighted by molar-refractivity contribution is 0.0955. The van der Waals surface area contributed by atoms with Crippen LogP contribution in [0.4, 0.5) is 0 Å². The van der Waals surface area contributed by atoms with Crippen LogP contribution in [0, 0.1) is 0 Å². The molecule has 0 spiro atoms. The number of nitrogens with one attached hydrogen (secondary N) is 1. The quantitative estimate of drug-likeness (QED) is 0.382. The van der Waals surface area contributed by atoms with E-state index in [2.05, 4.69) is 10.5 Å². The van der Waals surface area contributed by atoms with Crippen molar-refractivity contribution >= 4 is 22.9 Å². The monoisotopic (exact) mass is 418 g/mol. The lowest BCUT2D eigenvalue weighted by Crippen LogP contribution is -2.22. The van der Waals surface area contributed by atoms with E-state index in [0.717, 1.165) is 10.8 Å². The van der Waals surface area contributed by atoms with Gasteiger partial charge in [0.25, 0.3) is 5.91 Å². The first kappa shape index (κ1) is 22.3. The van der Waals surface area contributed by atoms with Gasteiger partial charge in [-0.05, 0) is 39.8 Å². The highest BCUT2D eigenvalue weighted by molar-refractivity contribution is 6.03. The van der Waals surface area contributed by atoms with E-state index in [1.165, 1.54) is 6.21 Å². The number of rotatable bonds is 3. The van der Waals surface area contributed by atoms with Crippen molar-refractivity contribution in [2.24, 2.45) is 5.10 Å². The summed E-state index contributed by atoms with van der Waals surface area (Å²) in [6.45, 7) is 12.0. The van der Waals surface area contributed by atoms with E-state index in [4.69, 9.17) is 0 Å². The van der Waals surface area contributed by atoms with Crippen LogP contribution in [-0.2, 0) is 10.8 Å². The molecule has 5 nitrogen and oxygen atoms in total. The molecule has 0 aliphatic heterocycles. The third-order valence-corrected chi connectivity index (χ3v) is 5.30. The molecule has 0 unspecified atom stereocenters. The third-order valence-electron chi connectivity index (χ3n) is 5.30. The van der Waals surface area contributed by atoms with E-state index < -0.39 is 0 Å². The first-order valence-corrected chi connectivity index (χ1v) is 10.3. The molecular formula is C26H30N2O3. The Hall–Kier alpha value is -3.34. The van der Waals surface area contributed by atoms with E-state index in [-0.39, 0.29) is 28.2 Å². The number of nitrogens with zero attached hydrogens (tertiary/aromatic N) is 1. The van der Waals surface area contributed by atoms with Crippen molar-refractivity contribution in [2.45, 2.75) is 52.4 Å². The number of fused-ring (bicyclic) bond motifs is 1. The van der Waals surface area contributed by atoms with E-state index in [9.17, 15) is 15.0 Å². The van der Waals surface area contributed by atoms with Crippen LogP contribution in [0.5, 0.6) is 11.5 Å². The fourth-order valence-electron chi connectivity index (χ4n) is 3.55. The molecule has 0 atom stereocenters. The van der Waals surface area contributed by atoms with E-state index in [1.807, 2.05) is 71.9 Å². The molecule has 3 aromatic carbocycles. The number of hydrazone groups is 1. The first-order chi connectivity index (χ1) is 14.4. The standard InChI is InChI=1S/C26H30N2O3/c1-25(2,3)20-13-17(14-21(23(20)30)26(4,5)6)24(31)28-27-15-19-18-10-8-7-9-16(18)11-12-22(19)29/h7-15,29-30H,1-6H3,(H,28,31). The molecule has 0 bridgehead atoms. The van der Waals surface area contributed by atoms with Crippen molar-refractivity contribution in [3.05, 3.63) is 70.8 Å². The Morgan fingerprint density at radius 2 is 1.48 bits per heavy atom. The molecule has 0 fully saturated rings. The summed E-state index contributed by atoms with van der Waals surface area (Å²) in [4.78, 5) is 12.9. The Balaban J connectivity index is 1.95. The number of phenols is 2. The normalized spacial score (nSPS) is 12.5. The summed E-state index contributed by atoms with van der Waals surface area (Å²) in [5, 5.41) is 27.0. The molecule has 31 heavy (non-hydrogen) atoms. The number of hydrogen-bond acceptors (Lipinski definition) is 4. The van der Waals surface area contributed by atoms with E-state index in [0.29, 0.717) is 22.3 Å². The van der Waals surface area contributed by atoms with Crippen molar-refractivity contribution < 1.29 is 15.0 Å². The molecule has 0 aliphatic carbocycles. The Morgan fingerprint density at radius 3 is 2.06 bits per heavy atom. The molecule has 3 aromatic rings. The molecule has 0 radical (unpaired) electrons. The van der Waals surface area contributed by atoms with Crippen molar-refractivity contribution in [1.29, 1.82) is 0 Å². The number of carbonyl (C=O) groups excluding carboxylic acids is 1. The van der Waals surface area contributed by atoms with Gasteiger partial charge in [0.1, 0.15) is 11.5 Å². The first-order valence-electron chi connectivity index (χ1n) is 10.3. The lowest BCUT2D eigenvalue weighted by Gasteiger charge is -2.28. The second kappa shape index (κ2) is 8.06. The molecule has 1 amide bonds. The average Bonchev–Trinajstić information content (AvgIpc) is 2.68. The number of phenolic OH excluding ortho intramolecular Hbond substituents is 2. The molecular weight excluding hydrogens is 388 g/mol. The van der Waals surface area contributed by atoms with E-state index >= 15 is 0 Å². The number of aromatic hydroxyl groups is 2. The zero-order valence-electron chi connectivity index (χ0n) is 18.9. The fraction of sp³-hybridized carbons (Fsp3) is 0.308. The molecule has 0 saturated carbocycles. The Kier molecular flexibility index (Phi) is 5.81. The molecule has 3 N–H and O–H groups in total. The minimum atomic E-state index is -0.382. The summed E-state index contributed by atoms with van der Waals surface area (Å²) in [7, 11) is 0. The second-order valence-corrected chi connectivity index (χ2v) is 9.84. The van der Waals surface area contributed by atoms with Crippen LogP contribution < -0.4 is 5.43 Å². The van der Waals surface area contributed by atoms with Gasteiger partial charge in [-0.3, -0.25) is 4.79 Å². The van der Waals surface area contributed by atoms with Gasteiger partial charge in [0.05, 0.1) is 6.21 Å². The highest BCUT2D eigenvalue weighted by Crippen LogP contribution is 2.39. The second-order valence-electron chi connectivity index (χ2n) is 9.84. The number of amides is 1. The largest absolute Gasteiger partial charge is 0.507 e. The molecule has 162 valence electrons. The summed E-state index contributed by atoms with van der Waals surface area (Å²) >= 11 is 0. The highest BCUT2D eigenvalue weighted by atomic mass is 16.3. The Labute approximate surface area is 183 Å². The topological polar surface area (TPSA) is 81.9 Å². The zero-order valence-corrected chi connectivity index (χ0v) is 18.9. The number of hydrogen-bond donors (Lipinski definition) is 3. The van der Waals surface area contributed by atoms with Gasteiger partial charge in [-0.15, -0.1) is 0 Å². The minimum Gasteiger partial charge on any atom is -0.507 e. The van der Waals surface area contributed by atoms with Crippen molar-refractivity contribution in [1.82, 2.24) is 5.43 Å². The van der Waals surface area contributed by atoms with Gasteiger partial charge in [0, 0.05) is 22.3 Å².